The van der Waals surface area contributed by atoms with Crippen molar-refractivity contribution in [2.24, 2.45) is 0 Å². The molecule has 0 saturated carbocycles. The molecule has 1 fully saturated rings. The van der Waals surface area contributed by atoms with Gasteiger partial charge in [0.2, 0.25) is 0 Å². The van der Waals surface area contributed by atoms with Crippen LogP contribution in [0.4, 0.5) is 0 Å². The van der Waals surface area contributed by atoms with E-state index in [2.05, 4.69) is 44.3 Å². The zero-order valence-corrected chi connectivity index (χ0v) is 11.5. The Bertz CT molecular complexity index is 375. The molecule has 0 radical (unpaired) electrons. The molecular formula is C16H25N. The second kappa shape index (κ2) is 5.22. The molecule has 1 aromatic carbocycles. The highest BCUT2D eigenvalue weighted by Gasteiger charge is 2.32. The number of hydrogen-bond acceptors (Lipinski definition) is 1. The monoisotopic (exact) mass is 231 g/mol. The van der Waals surface area contributed by atoms with Gasteiger partial charge < -0.3 is 5.32 Å². The third-order valence-corrected chi connectivity index (χ3v) is 4.17. The van der Waals surface area contributed by atoms with Crippen molar-refractivity contribution in [2.45, 2.75) is 58.4 Å². The topological polar surface area (TPSA) is 12.0 Å². The van der Waals surface area contributed by atoms with E-state index in [0.717, 1.165) is 0 Å². The van der Waals surface area contributed by atoms with Crippen molar-refractivity contribution in [3.05, 3.63) is 34.9 Å². The normalized spacial score (nSPS) is 24.2. The molecule has 1 nitrogen and oxygen atoms in total. The van der Waals surface area contributed by atoms with Gasteiger partial charge in [0.15, 0.2) is 0 Å². The van der Waals surface area contributed by atoms with E-state index in [-0.39, 0.29) is 0 Å². The molecule has 1 unspecified atom stereocenters. The molecule has 1 aliphatic heterocycles. The summed E-state index contributed by atoms with van der Waals surface area (Å²) >= 11 is 0. The molecule has 94 valence electrons. The second-order valence-corrected chi connectivity index (χ2v) is 5.66. The minimum absolute atomic E-state index is 0.385. The Kier molecular flexibility index (Phi) is 3.88. The fourth-order valence-corrected chi connectivity index (χ4v) is 3.10. The molecule has 1 aliphatic rings. The van der Waals surface area contributed by atoms with E-state index in [1.165, 1.54) is 55.3 Å². The fraction of sp³-hybridized carbons (Fsp3) is 0.625. The molecule has 0 amide bonds. The summed E-state index contributed by atoms with van der Waals surface area (Å²) < 4.78 is 0. The lowest BCUT2D eigenvalue weighted by Gasteiger charge is -2.29. The van der Waals surface area contributed by atoms with Crippen LogP contribution in [0.25, 0.3) is 0 Å². The number of nitrogens with one attached hydrogen (secondary N) is 1. The van der Waals surface area contributed by atoms with Gasteiger partial charge in [-0.25, -0.2) is 0 Å². The predicted molar refractivity (Wildman–Crippen MR) is 74.5 cm³/mol. The lowest BCUT2D eigenvalue weighted by molar-refractivity contribution is 0.342. The third-order valence-electron chi connectivity index (χ3n) is 4.17. The number of benzene rings is 1. The zero-order valence-electron chi connectivity index (χ0n) is 11.5. The van der Waals surface area contributed by atoms with Crippen LogP contribution < -0.4 is 5.32 Å². The Morgan fingerprint density at radius 2 is 2.06 bits per heavy atom. The van der Waals surface area contributed by atoms with Crippen molar-refractivity contribution in [3.8, 4) is 0 Å². The van der Waals surface area contributed by atoms with Crippen molar-refractivity contribution in [1.29, 1.82) is 0 Å². The maximum atomic E-state index is 3.75. The molecule has 1 heterocycles. The second-order valence-electron chi connectivity index (χ2n) is 5.66. The van der Waals surface area contributed by atoms with Crippen molar-refractivity contribution in [2.75, 3.05) is 6.54 Å². The Hall–Kier alpha value is -0.820. The summed E-state index contributed by atoms with van der Waals surface area (Å²) in [5.41, 5.74) is 4.71. The van der Waals surface area contributed by atoms with E-state index in [4.69, 9.17) is 0 Å². The smallest absolute Gasteiger partial charge is 0.0222 e. The highest BCUT2D eigenvalue weighted by molar-refractivity contribution is 5.31. The molecule has 0 aromatic heterocycles. The van der Waals surface area contributed by atoms with E-state index in [0.29, 0.717) is 5.54 Å². The first-order valence-electron chi connectivity index (χ1n) is 6.96. The van der Waals surface area contributed by atoms with Crippen LogP contribution in [0.15, 0.2) is 18.2 Å². The van der Waals surface area contributed by atoms with E-state index in [1.54, 1.807) is 0 Å². The van der Waals surface area contributed by atoms with E-state index in [9.17, 15) is 0 Å². The van der Waals surface area contributed by atoms with E-state index < -0.39 is 0 Å². The van der Waals surface area contributed by atoms with Gasteiger partial charge in [-0.3, -0.25) is 0 Å². The summed E-state index contributed by atoms with van der Waals surface area (Å²) in [6.45, 7) is 7.90. The first-order valence-corrected chi connectivity index (χ1v) is 6.96. The van der Waals surface area contributed by atoms with Crippen molar-refractivity contribution in [1.82, 2.24) is 5.32 Å². The van der Waals surface area contributed by atoms with E-state index >= 15 is 0 Å². The molecular weight excluding hydrogens is 206 g/mol. The quantitative estimate of drug-likeness (QED) is 0.832. The Morgan fingerprint density at radius 3 is 2.65 bits per heavy atom. The Morgan fingerprint density at radius 1 is 1.24 bits per heavy atom. The minimum Gasteiger partial charge on any atom is -0.311 e. The van der Waals surface area contributed by atoms with Crippen LogP contribution in [-0.2, 0) is 6.42 Å². The van der Waals surface area contributed by atoms with Gasteiger partial charge in [-0.05, 0) is 62.8 Å². The Balaban J connectivity index is 2.14. The van der Waals surface area contributed by atoms with Gasteiger partial charge in [-0.1, -0.05) is 31.5 Å². The largest absolute Gasteiger partial charge is 0.311 e. The molecule has 1 saturated heterocycles. The van der Waals surface area contributed by atoms with Crippen LogP contribution >= 0.6 is 0 Å². The molecule has 1 atom stereocenters. The maximum Gasteiger partial charge on any atom is 0.0222 e. The van der Waals surface area contributed by atoms with Crippen molar-refractivity contribution < 1.29 is 0 Å². The third kappa shape index (κ3) is 2.90. The van der Waals surface area contributed by atoms with Gasteiger partial charge in [0.05, 0.1) is 0 Å². The van der Waals surface area contributed by atoms with Crippen LogP contribution in [0.5, 0.6) is 0 Å². The van der Waals surface area contributed by atoms with Crippen LogP contribution in [0.2, 0.25) is 0 Å². The lowest BCUT2D eigenvalue weighted by Crippen LogP contribution is -2.41. The van der Waals surface area contributed by atoms with Crippen LogP contribution in [0.3, 0.4) is 0 Å². The fourth-order valence-electron chi connectivity index (χ4n) is 3.10. The average Bonchev–Trinajstić information content (AvgIpc) is 2.73. The van der Waals surface area contributed by atoms with Crippen LogP contribution in [0, 0.1) is 13.8 Å². The highest BCUT2D eigenvalue weighted by Crippen LogP contribution is 2.29. The first-order chi connectivity index (χ1) is 8.15. The lowest BCUT2D eigenvalue weighted by atomic mass is 9.84. The van der Waals surface area contributed by atoms with Gasteiger partial charge in [-0.15, -0.1) is 0 Å². The molecule has 17 heavy (non-hydrogen) atoms. The minimum atomic E-state index is 0.385. The van der Waals surface area contributed by atoms with Crippen LogP contribution in [0.1, 0.15) is 49.3 Å². The summed E-state index contributed by atoms with van der Waals surface area (Å²) in [6.07, 6.45) is 6.46. The molecule has 1 N–H and O–H groups in total. The summed E-state index contributed by atoms with van der Waals surface area (Å²) in [5, 5.41) is 3.75. The SMILES string of the molecule is CCCC1(Cc2ccc(C)c(C)c2)CCCN1. The predicted octanol–water partition coefficient (Wildman–Crippen LogP) is 3.77. The molecule has 1 heteroatoms. The number of hydrogen-bond donors (Lipinski definition) is 1. The van der Waals surface area contributed by atoms with Crippen molar-refractivity contribution in [3.63, 3.8) is 0 Å². The average molecular weight is 231 g/mol. The van der Waals surface area contributed by atoms with Gasteiger partial charge in [0.1, 0.15) is 0 Å². The number of aryl methyl sites for hydroxylation is 2. The maximum absolute atomic E-state index is 3.75. The number of rotatable bonds is 4. The van der Waals surface area contributed by atoms with Crippen molar-refractivity contribution >= 4 is 0 Å². The summed E-state index contributed by atoms with van der Waals surface area (Å²) in [4.78, 5) is 0. The molecule has 0 aliphatic carbocycles. The molecule has 0 spiro atoms. The standard InChI is InChI=1S/C16H25N/c1-4-8-16(9-5-10-17-16)12-15-7-6-13(2)14(3)11-15/h6-7,11,17H,4-5,8-10,12H2,1-3H3. The van der Waals surface area contributed by atoms with Crippen LogP contribution in [-0.4, -0.2) is 12.1 Å². The molecule has 1 aromatic rings. The summed E-state index contributed by atoms with van der Waals surface area (Å²) in [5.74, 6) is 0. The molecule has 0 bridgehead atoms. The van der Waals surface area contributed by atoms with Gasteiger partial charge in [-0.2, -0.15) is 0 Å². The zero-order chi connectivity index (χ0) is 12.3. The first kappa shape index (κ1) is 12.6. The summed E-state index contributed by atoms with van der Waals surface area (Å²) in [6, 6.07) is 6.94. The highest BCUT2D eigenvalue weighted by atomic mass is 15.0. The Labute approximate surface area is 106 Å². The van der Waals surface area contributed by atoms with E-state index in [1.807, 2.05) is 0 Å². The summed E-state index contributed by atoms with van der Waals surface area (Å²) in [7, 11) is 0. The van der Waals surface area contributed by atoms with Gasteiger partial charge >= 0.3 is 0 Å². The van der Waals surface area contributed by atoms with Gasteiger partial charge in [0, 0.05) is 5.54 Å². The molecule has 2 rings (SSSR count). The van der Waals surface area contributed by atoms with Gasteiger partial charge in [0.25, 0.3) is 0 Å².